The van der Waals surface area contributed by atoms with Crippen LogP contribution in [-0.4, -0.2) is 54.1 Å². The standard InChI is InChI=1S/C16H17ClN6O/c1-21(2)11-6-4-5-10(9-11)15-18-19-16-13-12(14(17)20-23(15)16)22(3)7-8-24-13/h4-6,9H,7-8H2,1-3H3. The minimum absolute atomic E-state index is 0.379. The summed E-state index contributed by atoms with van der Waals surface area (Å²) in [4.78, 5) is 4.06. The van der Waals surface area contributed by atoms with Crippen LogP contribution in [0.1, 0.15) is 0 Å². The zero-order valence-electron chi connectivity index (χ0n) is 13.7. The Kier molecular flexibility index (Phi) is 3.45. The van der Waals surface area contributed by atoms with Gasteiger partial charge in [-0.15, -0.1) is 15.3 Å². The molecule has 0 saturated heterocycles. The van der Waals surface area contributed by atoms with Gasteiger partial charge in [0.15, 0.2) is 16.7 Å². The molecule has 1 aromatic carbocycles. The van der Waals surface area contributed by atoms with E-state index in [1.165, 1.54) is 0 Å². The summed E-state index contributed by atoms with van der Waals surface area (Å²) < 4.78 is 7.45. The second kappa shape index (κ2) is 5.52. The molecule has 0 fully saturated rings. The van der Waals surface area contributed by atoms with Gasteiger partial charge >= 0.3 is 0 Å². The molecule has 0 amide bonds. The van der Waals surface area contributed by atoms with Gasteiger partial charge in [-0.25, -0.2) is 0 Å². The van der Waals surface area contributed by atoms with Gasteiger partial charge in [0, 0.05) is 32.4 Å². The molecule has 0 atom stereocenters. The van der Waals surface area contributed by atoms with E-state index in [0.29, 0.717) is 29.0 Å². The summed E-state index contributed by atoms with van der Waals surface area (Å²) in [5.41, 5.74) is 3.33. The van der Waals surface area contributed by atoms with E-state index in [1.54, 1.807) is 4.52 Å². The molecule has 2 aromatic heterocycles. The summed E-state index contributed by atoms with van der Waals surface area (Å²) in [6.07, 6.45) is 0. The summed E-state index contributed by atoms with van der Waals surface area (Å²) in [6, 6.07) is 8.03. The number of nitrogens with zero attached hydrogens (tertiary/aromatic N) is 6. The van der Waals surface area contributed by atoms with Crippen molar-refractivity contribution in [3.8, 4) is 17.1 Å². The molecule has 0 N–H and O–H groups in total. The number of halogens is 1. The zero-order valence-corrected chi connectivity index (χ0v) is 14.4. The lowest BCUT2D eigenvalue weighted by atomic mass is 10.2. The Balaban J connectivity index is 1.93. The molecule has 0 aliphatic carbocycles. The molecule has 124 valence electrons. The molecule has 0 unspecified atom stereocenters. The van der Waals surface area contributed by atoms with Gasteiger partial charge in [-0.05, 0) is 12.1 Å². The van der Waals surface area contributed by atoms with Crippen molar-refractivity contribution in [2.24, 2.45) is 0 Å². The third kappa shape index (κ3) is 2.24. The van der Waals surface area contributed by atoms with Gasteiger partial charge in [-0.2, -0.15) is 4.52 Å². The zero-order chi connectivity index (χ0) is 16.8. The van der Waals surface area contributed by atoms with Gasteiger partial charge in [-0.3, -0.25) is 0 Å². The fraction of sp³-hybridized carbons (Fsp3) is 0.312. The van der Waals surface area contributed by atoms with E-state index >= 15 is 0 Å². The highest BCUT2D eigenvalue weighted by Crippen LogP contribution is 2.39. The molecule has 1 aliphatic rings. The predicted octanol–water partition coefficient (Wildman–Crippen LogP) is 2.34. The molecule has 0 radical (unpaired) electrons. The first kappa shape index (κ1) is 15.0. The normalized spacial score (nSPS) is 13.8. The second-order valence-electron chi connectivity index (χ2n) is 5.94. The molecule has 0 bridgehead atoms. The van der Waals surface area contributed by atoms with Crippen LogP contribution in [0.5, 0.6) is 5.75 Å². The Morgan fingerprint density at radius 2 is 2.08 bits per heavy atom. The third-order valence-electron chi connectivity index (χ3n) is 4.12. The van der Waals surface area contributed by atoms with Crippen molar-refractivity contribution in [1.82, 2.24) is 19.8 Å². The molecule has 1 aliphatic heterocycles. The van der Waals surface area contributed by atoms with Crippen molar-refractivity contribution in [2.45, 2.75) is 0 Å². The maximum atomic E-state index is 6.40. The topological polar surface area (TPSA) is 58.8 Å². The number of benzene rings is 1. The molecule has 3 aromatic rings. The molecule has 0 spiro atoms. The van der Waals surface area contributed by atoms with Crippen LogP contribution in [-0.2, 0) is 0 Å². The lowest BCUT2D eigenvalue weighted by molar-refractivity contribution is 0.312. The predicted molar refractivity (Wildman–Crippen MR) is 94.3 cm³/mol. The summed E-state index contributed by atoms with van der Waals surface area (Å²) in [7, 11) is 5.95. The molecule has 3 heterocycles. The Labute approximate surface area is 144 Å². The average Bonchev–Trinajstić information content (AvgIpc) is 2.99. The SMILES string of the molecule is CN(C)c1cccc(-c2nnc3c4c(c(Cl)nn23)N(C)CCO4)c1. The first-order valence-corrected chi connectivity index (χ1v) is 8.00. The van der Waals surface area contributed by atoms with Crippen LogP contribution in [0.25, 0.3) is 17.0 Å². The molecule has 0 saturated carbocycles. The number of aromatic nitrogens is 4. The van der Waals surface area contributed by atoms with Crippen LogP contribution < -0.4 is 14.5 Å². The van der Waals surface area contributed by atoms with Crippen molar-refractivity contribution in [2.75, 3.05) is 44.1 Å². The summed E-state index contributed by atoms with van der Waals surface area (Å²) >= 11 is 6.40. The number of ether oxygens (including phenoxy) is 1. The molecule has 24 heavy (non-hydrogen) atoms. The van der Waals surface area contributed by atoms with Crippen LogP contribution in [0, 0.1) is 0 Å². The van der Waals surface area contributed by atoms with Crippen molar-refractivity contribution in [3.05, 3.63) is 29.4 Å². The van der Waals surface area contributed by atoms with Crippen molar-refractivity contribution >= 4 is 28.6 Å². The maximum Gasteiger partial charge on any atom is 0.222 e. The molecule has 8 heteroatoms. The van der Waals surface area contributed by atoms with E-state index in [9.17, 15) is 0 Å². The quantitative estimate of drug-likeness (QED) is 0.711. The van der Waals surface area contributed by atoms with Gasteiger partial charge in [-0.1, -0.05) is 23.7 Å². The minimum Gasteiger partial charge on any atom is -0.486 e. The first-order valence-electron chi connectivity index (χ1n) is 7.63. The summed E-state index contributed by atoms with van der Waals surface area (Å²) in [5.74, 6) is 1.27. The lowest BCUT2D eigenvalue weighted by Crippen LogP contribution is -2.30. The van der Waals surface area contributed by atoms with Crippen LogP contribution >= 0.6 is 11.6 Å². The fourth-order valence-corrected chi connectivity index (χ4v) is 3.12. The molecular weight excluding hydrogens is 328 g/mol. The fourth-order valence-electron chi connectivity index (χ4n) is 2.81. The van der Waals surface area contributed by atoms with Crippen molar-refractivity contribution < 1.29 is 4.74 Å². The van der Waals surface area contributed by atoms with E-state index < -0.39 is 0 Å². The monoisotopic (exact) mass is 344 g/mol. The first-order chi connectivity index (χ1) is 11.6. The summed E-state index contributed by atoms with van der Waals surface area (Å²) in [5, 5.41) is 13.5. The Bertz CT molecular complexity index is 922. The highest BCUT2D eigenvalue weighted by atomic mass is 35.5. The van der Waals surface area contributed by atoms with Crippen molar-refractivity contribution in [1.29, 1.82) is 0 Å². The second-order valence-corrected chi connectivity index (χ2v) is 6.30. The van der Waals surface area contributed by atoms with E-state index in [0.717, 1.165) is 23.5 Å². The Hall–Kier alpha value is -2.54. The van der Waals surface area contributed by atoms with Gasteiger partial charge in [0.05, 0.1) is 6.54 Å². The van der Waals surface area contributed by atoms with E-state index in [-0.39, 0.29) is 0 Å². The molecule has 7 nitrogen and oxygen atoms in total. The van der Waals surface area contributed by atoms with Gasteiger partial charge in [0.25, 0.3) is 0 Å². The van der Waals surface area contributed by atoms with Crippen LogP contribution in [0.15, 0.2) is 24.3 Å². The highest BCUT2D eigenvalue weighted by molar-refractivity contribution is 6.32. The number of hydrogen-bond donors (Lipinski definition) is 0. The Morgan fingerprint density at radius 3 is 2.88 bits per heavy atom. The van der Waals surface area contributed by atoms with Gasteiger partial charge in [0.2, 0.25) is 5.65 Å². The largest absolute Gasteiger partial charge is 0.486 e. The molecular formula is C16H17ClN6O. The van der Waals surface area contributed by atoms with Crippen LogP contribution in [0.4, 0.5) is 11.4 Å². The van der Waals surface area contributed by atoms with Crippen LogP contribution in [0.3, 0.4) is 0 Å². The van der Waals surface area contributed by atoms with Gasteiger partial charge in [0.1, 0.15) is 12.3 Å². The highest BCUT2D eigenvalue weighted by Gasteiger charge is 2.26. The molecule has 4 rings (SSSR count). The van der Waals surface area contributed by atoms with Gasteiger partial charge < -0.3 is 14.5 Å². The number of anilines is 2. The number of fused-ring (bicyclic) bond motifs is 3. The smallest absolute Gasteiger partial charge is 0.222 e. The summed E-state index contributed by atoms with van der Waals surface area (Å²) in [6.45, 7) is 1.34. The van der Waals surface area contributed by atoms with Crippen LogP contribution in [0.2, 0.25) is 5.15 Å². The number of hydrogen-bond acceptors (Lipinski definition) is 6. The van der Waals surface area contributed by atoms with E-state index in [4.69, 9.17) is 16.3 Å². The van der Waals surface area contributed by atoms with Crippen molar-refractivity contribution in [3.63, 3.8) is 0 Å². The average molecular weight is 345 g/mol. The van der Waals surface area contributed by atoms with E-state index in [2.05, 4.69) is 15.3 Å². The lowest BCUT2D eigenvalue weighted by Gasteiger charge is -2.27. The van der Waals surface area contributed by atoms with E-state index in [1.807, 2.05) is 55.2 Å². The Morgan fingerprint density at radius 1 is 1.25 bits per heavy atom. The minimum atomic E-state index is 0.379. The maximum absolute atomic E-state index is 6.40. The number of rotatable bonds is 2. The number of likely N-dealkylation sites (N-methyl/N-ethyl adjacent to an activating group) is 1. The third-order valence-corrected chi connectivity index (χ3v) is 4.37.